The summed E-state index contributed by atoms with van der Waals surface area (Å²) in [7, 11) is 0. The maximum absolute atomic E-state index is 4.28. The number of nitrogens with one attached hydrogen (secondary N) is 1. The summed E-state index contributed by atoms with van der Waals surface area (Å²) in [5.74, 6) is 0.569. The van der Waals surface area contributed by atoms with E-state index in [1.54, 1.807) is 0 Å². The summed E-state index contributed by atoms with van der Waals surface area (Å²) in [5.41, 5.74) is 5.11. The number of nitrogens with zero attached hydrogens (tertiary/aromatic N) is 1. The maximum Gasteiger partial charge on any atom is 0.0594 e. The van der Waals surface area contributed by atoms with Crippen LogP contribution in [0, 0.1) is 0 Å². The monoisotopic (exact) mass is 316 g/mol. The predicted octanol–water partition coefficient (Wildman–Crippen LogP) is 5.08. The molecule has 0 spiro atoms. The lowest BCUT2D eigenvalue weighted by atomic mass is 9.99. The Labute approximate surface area is 144 Å². The van der Waals surface area contributed by atoms with Gasteiger partial charge in [0.1, 0.15) is 0 Å². The number of rotatable bonds is 6. The van der Waals surface area contributed by atoms with Gasteiger partial charge < -0.3 is 5.32 Å². The highest BCUT2D eigenvalue weighted by atomic mass is 14.9. The van der Waals surface area contributed by atoms with E-state index in [1.165, 1.54) is 22.3 Å². The summed E-state index contributed by atoms with van der Waals surface area (Å²) in [4.78, 5) is 4.28. The fourth-order valence-electron chi connectivity index (χ4n) is 2.86. The number of hydrogen-bond acceptors (Lipinski definition) is 2. The maximum atomic E-state index is 4.28. The van der Waals surface area contributed by atoms with Crippen molar-refractivity contribution in [1.29, 1.82) is 0 Å². The average Bonchev–Trinajstić information content (AvgIpc) is 2.64. The van der Waals surface area contributed by atoms with Crippen LogP contribution in [-0.4, -0.2) is 4.98 Å². The number of benzene rings is 2. The molecule has 1 atom stereocenters. The molecule has 3 aromatic rings. The van der Waals surface area contributed by atoms with Gasteiger partial charge in [0.05, 0.1) is 6.04 Å². The lowest BCUT2D eigenvalue weighted by molar-refractivity contribution is 0.603. The molecule has 1 aromatic heterocycles. The van der Waals surface area contributed by atoms with E-state index in [0.29, 0.717) is 5.92 Å². The lowest BCUT2D eigenvalue weighted by Crippen LogP contribution is -2.22. The third-order valence-corrected chi connectivity index (χ3v) is 4.31. The van der Waals surface area contributed by atoms with Gasteiger partial charge in [-0.05, 0) is 34.2 Å². The first-order valence-corrected chi connectivity index (χ1v) is 8.51. The van der Waals surface area contributed by atoms with Crippen LogP contribution in [-0.2, 0) is 6.54 Å². The topological polar surface area (TPSA) is 24.9 Å². The van der Waals surface area contributed by atoms with Gasteiger partial charge >= 0.3 is 0 Å². The van der Waals surface area contributed by atoms with E-state index in [4.69, 9.17) is 0 Å². The fourth-order valence-corrected chi connectivity index (χ4v) is 2.86. The van der Waals surface area contributed by atoms with Crippen molar-refractivity contribution >= 4 is 0 Å². The van der Waals surface area contributed by atoms with Crippen molar-refractivity contribution < 1.29 is 0 Å². The molecule has 0 aliphatic carbocycles. The van der Waals surface area contributed by atoms with Crippen molar-refractivity contribution in [3.05, 3.63) is 101 Å². The van der Waals surface area contributed by atoms with Crippen LogP contribution in [0.2, 0.25) is 0 Å². The van der Waals surface area contributed by atoms with Gasteiger partial charge in [-0.15, -0.1) is 0 Å². The zero-order valence-electron chi connectivity index (χ0n) is 14.3. The first-order valence-electron chi connectivity index (χ1n) is 8.51. The Morgan fingerprint density at radius 3 is 2.12 bits per heavy atom. The second-order valence-corrected chi connectivity index (χ2v) is 6.41. The number of hydrogen-bond donors (Lipinski definition) is 1. The first-order chi connectivity index (χ1) is 11.7. The Morgan fingerprint density at radius 1 is 0.792 bits per heavy atom. The molecule has 0 saturated carbocycles. The Kier molecular flexibility index (Phi) is 5.39. The van der Waals surface area contributed by atoms with Gasteiger partial charge in [0.25, 0.3) is 0 Å². The second-order valence-electron chi connectivity index (χ2n) is 6.41. The van der Waals surface area contributed by atoms with Gasteiger partial charge in [-0.25, -0.2) is 0 Å². The summed E-state index contributed by atoms with van der Waals surface area (Å²) >= 11 is 0. The van der Waals surface area contributed by atoms with E-state index >= 15 is 0 Å². The summed E-state index contributed by atoms with van der Waals surface area (Å²) in [5, 5.41) is 3.68. The molecule has 2 heteroatoms. The van der Waals surface area contributed by atoms with Crippen LogP contribution >= 0.6 is 0 Å². The molecule has 0 bridgehead atoms. The molecule has 1 unspecified atom stereocenters. The zero-order chi connectivity index (χ0) is 16.8. The minimum Gasteiger partial charge on any atom is -0.302 e. The molecule has 0 radical (unpaired) electrons. The minimum absolute atomic E-state index is 0.143. The van der Waals surface area contributed by atoms with E-state index < -0.39 is 0 Å². The highest BCUT2D eigenvalue weighted by Crippen LogP contribution is 2.22. The van der Waals surface area contributed by atoms with E-state index in [-0.39, 0.29) is 6.04 Å². The van der Waals surface area contributed by atoms with Crippen LogP contribution < -0.4 is 5.32 Å². The molecule has 24 heavy (non-hydrogen) atoms. The molecule has 1 heterocycles. The van der Waals surface area contributed by atoms with Crippen molar-refractivity contribution in [2.45, 2.75) is 32.4 Å². The van der Waals surface area contributed by atoms with Crippen molar-refractivity contribution in [2.75, 3.05) is 0 Å². The Morgan fingerprint density at radius 2 is 1.50 bits per heavy atom. The van der Waals surface area contributed by atoms with E-state index in [9.17, 15) is 0 Å². The van der Waals surface area contributed by atoms with Crippen molar-refractivity contribution in [3.8, 4) is 0 Å². The standard InChI is InChI=1S/C22H24N2/c1-17(2)19-12-10-18(11-13-19)15-24-22(20-7-4-3-5-8-20)21-9-6-14-23-16-21/h3-14,16-17,22,24H,15H2,1-2H3. The first kappa shape index (κ1) is 16.4. The van der Waals surface area contributed by atoms with Gasteiger partial charge in [0.2, 0.25) is 0 Å². The molecular formula is C22H24N2. The van der Waals surface area contributed by atoms with Gasteiger partial charge in [-0.2, -0.15) is 0 Å². The molecule has 0 aliphatic rings. The Bertz CT molecular complexity index is 694. The molecule has 1 N–H and O–H groups in total. The molecule has 122 valence electrons. The predicted molar refractivity (Wildman–Crippen MR) is 99.9 cm³/mol. The van der Waals surface area contributed by atoms with Crippen LogP contribution in [0.3, 0.4) is 0 Å². The summed E-state index contributed by atoms with van der Waals surface area (Å²) in [6.07, 6.45) is 3.75. The van der Waals surface area contributed by atoms with Crippen LogP contribution in [0.5, 0.6) is 0 Å². The largest absolute Gasteiger partial charge is 0.302 e. The Balaban J connectivity index is 1.77. The van der Waals surface area contributed by atoms with E-state index in [0.717, 1.165) is 6.54 Å². The van der Waals surface area contributed by atoms with E-state index in [1.807, 2.05) is 18.5 Å². The molecular weight excluding hydrogens is 292 g/mol. The Hall–Kier alpha value is -2.45. The van der Waals surface area contributed by atoms with E-state index in [2.05, 4.69) is 84.8 Å². The quantitative estimate of drug-likeness (QED) is 0.685. The number of aromatic nitrogens is 1. The van der Waals surface area contributed by atoms with Gasteiger partial charge in [-0.1, -0.05) is 74.5 Å². The van der Waals surface area contributed by atoms with Crippen LogP contribution in [0.25, 0.3) is 0 Å². The van der Waals surface area contributed by atoms with Crippen molar-refractivity contribution in [1.82, 2.24) is 10.3 Å². The third kappa shape index (κ3) is 4.09. The van der Waals surface area contributed by atoms with Gasteiger partial charge in [-0.3, -0.25) is 4.98 Å². The molecule has 2 aromatic carbocycles. The summed E-state index contributed by atoms with van der Waals surface area (Å²) < 4.78 is 0. The average molecular weight is 316 g/mol. The number of pyridine rings is 1. The molecule has 0 aliphatic heterocycles. The molecule has 2 nitrogen and oxygen atoms in total. The lowest BCUT2D eigenvalue weighted by Gasteiger charge is -2.20. The third-order valence-electron chi connectivity index (χ3n) is 4.31. The van der Waals surface area contributed by atoms with Crippen LogP contribution in [0.15, 0.2) is 79.1 Å². The smallest absolute Gasteiger partial charge is 0.0594 e. The minimum atomic E-state index is 0.143. The molecule has 0 saturated heterocycles. The normalized spacial score (nSPS) is 12.3. The highest BCUT2D eigenvalue weighted by molar-refractivity contribution is 5.31. The molecule has 0 amide bonds. The van der Waals surface area contributed by atoms with Crippen molar-refractivity contribution in [2.24, 2.45) is 0 Å². The SMILES string of the molecule is CC(C)c1ccc(CNC(c2ccccc2)c2cccnc2)cc1. The summed E-state index contributed by atoms with van der Waals surface area (Å²) in [6, 6.07) is 23.7. The molecule has 3 rings (SSSR count). The van der Waals surface area contributed by atoms with Gasteiger partial charge in [0.15, 0.2) is 0 Å². The van der Waals surface area contributed by atoms with Crippen LogP contribution in [0.4, 0.5) is 0 Å². The van der Waals surface area contributed by atoms with Crippen molar-refractivity contribution in [3.63, 3.8) is 0 Å². The highest BCUT2D eigenvalue weighted by Gasteiger charge is 2.13. The zero-order valence-corrected chi connectivity index (χ0v) is 14.3. The van der Waals surface area contributed by atoms with Gasteiger partial charge in [0, 0.05) is 18.9 Å². The van der Waals surface area contributed by atoms with Crippen LogP contribution in [0.1, 0.15) is 48.1 Å². The summed E-state index contributed by atoms with van der Waals surface area (Å²) in [6.45, 7) is 5.27. The second kappa shape index (κ2) is 7.89. The fraction of sp³-hybridized carbons (Fsp3) is 0.227. The molecule has 0 fully saturated rings.